The number of hydrogen-bond donors (Lipinski definition) is 1. The second-order valence-electron chi connectivity index (χ2n) is 6.08. The number of amides is 1. The molecule has 7 heteroatoms. The fourth-order valence-electron chi connectivity index (χ4n) is 3.15. The fourth-order valence-corrected chi connectivity index (χ4v) is 3.92. The number of aromatic nitrogens is 3. The van der Waals surface area contributed by atoms with Crippen LogP contribution in [0.5, 0.6) is 0 Å². The van der Waals surface area contributed by atoms with Crippen molar-refractivity contribution in [3.8, 4) is 16.3 Å². The van der Waals surface area contributed by atoms with Gasteiger partial charge in [-0.1, -0.05) is 18.2 Å². The summed E-state index contributed by atoms with van der Waals surface area (Å²) in [4.78, 5) is 19.1. The number of para-hydroxylation sites is 1. The molecule has 2 N–H and O–H groups in total. The lowest BCUT2D eigenvalue weighted by atomic mass is 10.2. The minimum absolute atomic E-state index is 0.0223. The standard InChI is InChI=1S/C18H19N5OS/c19-9-15-7-4-8-22(15)18(24)16-12-25-17(21-16)13-10-20-23(11-13)14-5-2-1-3-6-14/h1-3,5-6,10-12,15H,4,7-9,19H2/t15-/m0/s1. The Kier molecular flexibility index (Phi) is 4.33. The average Bonchev–Trinajstić information content (AvgIpc) is 3.41. The molecule has 0 unspecified atom stereocenters. The van der Waals surface area contributed by atoms with Crippen LogP contribution in [0.2, 0.25) is 0 Å². The Hall–Kier alpha value is -2.51. The second kappa shape index (κ2) is 6.78. The summed E-state index contributed by atoms with van der Waals surface area (Å²) < 4.78 is 1.81. The van der Waals surface area contributed by atoms with Crippen LogP contribution in [0.4, 0.5) is 0 Å². The van der Waals surface area contributed by atoms with Gasteiger partial charge in [-0.3, -0.25) is 4.79 Å². The topological polar surface area (TPSA) is 77.0 Å². The van der Waals surface area contributed by atoms with Crippen LogP contribution < -0.4 is 5.73 Å². The molecule has 128 valence electrons. The van der Waals surface area contributed by atoms with E-state index in [4.69, 9.17) is 5.73 Å². The van der Waals surface area contributed by atoms with E-state index in [0.717, 1.165) is 35.6 Å². The quantitative estimate of drug-likeness (QED) is 0.782. The highest BCUT2D eigenvalue weighted by Crippen LogP contribution is 2.26. The Balaban J connectivity index is 1.56. The van der Waals surface area contributed by atoms with Crippen molar-refractivity contribution in [2.75, 3.05) is 13.1 Å². The summed E-state index contributed by atoms with van der Waals surface area (Å²) in [5, 5.41) is 7.01. The molecule has 0 saturated carbocycles. The van der Waals surface area contributed by atoms with Crippen molar-refractivity contribution in [3.63, 3.8) is 0 Å². The molecule has 1 saturated heterocycles. The molecule has 1 aliphatic heterocycles. The zero-order valence-electron chi connectivity index (χ0n) is 13.7. The van der Waals surface area contributed by atoms with Crippen molar-refractivity contribution in [2.24, 2.45) is 5.73 Å². The third-order valence-corrected chi connectivity index (χ3v) is 5.38. The van der Waals surface area contributed by atoms with E-state index in [1.54, 1.807) is 6.20 Å². The molecule has 1 aromatic carbocycles. The molecule has 0 bridgehead atoms. The minimum atomic E-state index is -0.0223. The SMILES string of the molecule is NC[C@@H]1CCCN1C(=O)c1csc(-c2cnn(-c3ccccc3)c2)n1. The van der Waals surface area contributed by atoms with Gasteiger partial charge in [0.1, 0.15) is 10.7 Å². The molecular weight excluding hydrogens is 334 g/mol. The molecule has 0 spiro atoms. The fraction of sp³-hybridized carbons (Fsp3) is 0.278. The molecule has 3 aromatic rings. The first kappa shape index (κ1) is 16.0. The highest BCUT2D eigenvalue weighted by atomic mass is 32.1. The van der Waals surface area contributed by atoms with Gasteiger partial charge < -0.3 is 10.6 Å². The van der Waals surface area contributed by atoms with Crippen LogP contribution in [0.25, 0.3) is 16.3 Å². The van der Waals surface area contributed by atoms with Crippen molar-refractivity contribution in [1.82, 2.24) is 19.7 Å². The lowest BCUT2D eigenvalue weighted by molar-refractivity contribution is 0.0736. The lowest BCUT2D eigenvalue weighted by Crippen LogP contribution is -2.40. The number of carbonyl (C=O) groups is 1. The number of thiazole rings is 1. The highest BCUT2D eigenvalue weighted by Gasteiger charge is 2.29. The molecule has 1 aliphatic rings. The smallest absolute Gasteiger partial charge is 0.273 e. The van der Waals surface area contributed by atoms with Crippen molar-refractivity contribution in [3.05, 3.63) is 53.8 Å². The monoisotopic (exact) mass is 353 g/mol. The van der Waals surface area contributed by atoms with Crippen molar-refractivity contribution in [1.29, 1.82) is 0 Å². The van der Waals surface area contributed by atoms with E-state index in [-0.39, 0.29) is 11.9 Å². The van der Waals surface area contributed by atoms with Crippen LogP contribution in [0.15, 0.2) is 48.1 Å². The number of nitrogens with two attached hydrogens (primary N) is 1. The van der Waals surface area contributed by atoms with E-state index in [1.165, 1.54) is 11.3 Å². The summed E-state index contributed by atoms with van der Waals surface area (Å²) in [7, 11) is 0. The molecule has 1 atom stereocenters. The first-order chi connectivity index (χ1) is 12.3. The second-order valence-corrected chi connectivity index (χ2v) is 6.94. The maximum Gasteiger partial charge on any atom is 0.273 e. The van der Waals surface area contributed by atoms with E-state index in [9.17, 15) is 4.79 Å². The zero-order valence-corrected chi connectivity index (χ0v) is 14.5. The summed E-state index contributed by atoms with van der Waals surface area (Å²) in [6, 6.07) is 10.0. The lowest BCUT2D eigenvalue weighted by Gasteiger charge is -2.22. The summed E-state index contributed by atoms with van der Waals surface area (Å²) in [6.07, 6.45) is 5.69. The van der Waals surface area contributed by atoms with E-state index < -0.39 is 0 Å². The van der Waals surface area contributed by atoms with Crippen molar-refractivity contribution in [2.45, 2.75) is 18.9 Å². The van der Waals surface area contributed by atoms with Gasteiger partial charge in [-0.25, -0.2) is 9.67 Å². The summed E-state index contributed by atoms with van der Waals surface area (Å²) in [6.45, 7) is 1.27. The van der Waals surface area contributed by atoms with Crippen LogP contribution in [0.1, 0.15) is 23.3 Å². The normalized spacial score (nSPS) is 17.2. The molecule has 4 rings (SSSR count). The predicted octanol–water partition coefficient (Wildman–Crippen LogP) is 2.56. The molecule has 25 heavy (non-hydrogen) atoms. The third-order valence-electron chi connectivity index (χ3n) is 4.48. The molecule has 2 aromatic heterocycles. The molecule has 3 heterocycles. The van der Waals surface area contributed by atoms with Gasteiger partial charge in [-0.05, 0) is 25.0 Å². The Morgan fingerprint density at radius 2 is 2.16 bits per heavy atom. The number of benzene rings is 1. The van der Waals surface area contributed by atoms with Crippen molar-refractivity contribution >= 4 is 17.2 Å². The van der Waals surface area contributed by atoms with Gasteiger partial charge in [-0.15, -0.1) is 11.3 Å². The van der Waals surface area contributed by atoms with Gasteiger partial charge in [0.25, 0.3) is 5.91 Å². The number of likely N-dealkylation sites (tertiary alicyclic amines) is 1. The summed E-state index contributed by atoms with van der Waals surface area (Å²) in [5.41, 5.74) is 8.16. The maximum absolute atomic E-state index is 12.7. The maximum atomic E-state index is 12.7. The highest BCUT2D eigenvalue weighted by molar-refractivity contribution is 7.13. The third kappa shape index (κ3) is 3.08. The molecule has 1 amide bonds. The molecule has 0 aliphatic carbocycles. The molecular formula is C18H19N5OS. The van der Waals surface area contributed by atoms with Gasteiger partial charge in [-0.2, -0.15) is 5.10 Å². The van der Waals surface area contributed by atoms with E-state index >= 15 is 0 Å². The van der Waals surface area contributed by atoms with Gasteiger partial charge in [0.05, 0.1) is 11.9 Å². The summed E-state index contributed by atoms with van der Waals surface area (Å²) in [5.74, 6) is -0.0223. The van der Waals surface area contributed by atoms with E-state index in [1.807, 2.05) is 51.5 Å². The van der Waals surface area contributed by atoms with Crippen LogP contribution in [0.3, 0.4) is 0 Å². The van der Waals surface area contributed by atoms with Crippen molar-refractivity contribution < 1.29 is 4.79 Å². The Labute approximate surface area is 149 Å². The molecule has 6 nitrogen and oxygen atoms in total. The van der Waals surface area contributed by atoms with Gasteiger partial charge >= 0.3 is 0 Å². The first-order valence-electron chi connectivity index (χ1n) is 8.33. The van der Waals surface area contributed by atoms with Crippen LogP contribution in [-0.4, -0.2) is 44.7 Å². The Morgan fingerprint density at radius 1 is 1.32 bits per heavy atom. The molecule has 1 fully saturated rings. The van der Waals surface area contributed by atoms with Gasteiger partial charge in [0.15, 0.2) is 0 Å². The number of carbonyl (C=O) groups excluding carboxylic acids is 1. The summed E-state index contributed by atoms with van der Waals surface area (Å²) >= 11 is 1.46. The Morgan fingerprint density at radius 3 is 2.96 bits per heavy atom. The first-order valence-corrected chi connectivity index (χ1v) is 9.21. The number of hydrogen-bond acceptors (Lipinski definition) is 5. The average molecular weight is 353 g/mol. The van der Waals surface area contributed by atoms with E-state index in [0.29, 0.717) is 12.2 Å². The van der Waals surface area contributed by atoms with E-state index in [2.05, 4.69) is 10.1 Å². The van der Waals surface area contributed by atoms with Gasteiger partial charge in [0.2, 0.25) is 0 Å². The molecule has 0 radical (unpaired) electrons. The Bertz CT molecular complexity index is 872. The van der Waals surface area contributed by atoms with Crippen LogP contribution >= 0.6 is 11.3 Å². The number of rotatable bonds is 4. The van der Waals surface area contributed by atoms with Gasteiger partial charge in [0, 0.05) is 36.3 Å². The zero-order chi connectivity index (χ0) is 17.2. The van der Waals surface area contributed by atoms with Crippen LogP contribution in [0, 0.1) is 0 Å². The number of nitrogens with zero attached hydrogens (tertiary/aromatic N) is 4. The minimum Gasteiger partial charge on any atom is -0.333 e. The predicted molar refractivity (Wildman–Crippen MR) is 97.8 cm³/mol. The largest absolute Gasteiger partial charge is 0.333 e. The van der Waals surface area contributed by atoms with Crippen LogP contribution in [-0.2, 0) is 0 Å².